The molecule has 0 aliphatic carbocycles. The van der Waals surface area contributed by atoms with Crippen LogP contribution in [0.1, 0.15) is 12.5 Å². The monoisotopic (exact) mass is 270 g/mol. The average molecular weight is 271 g/mol. The van der Waals surface area contributed by atoms with Gasteiger partial charge in [0.15, 0.2) is 0 Å². The number of carbonyl (C=O) groups excluding carboxylic acids is 2. The average Bonchev–Trinajstić information content (AvgIpc) is 2.29. The van der Waals surface area contributed by atoms with E-state index in [1.807, 2.05) is 0 Å². The van der Waals surface area contributed by atoms with Gasteiger partial charge in [0.05, 0.1) is 6.10 Å². The molecule has 0 saturated carbocycles. The normalized spacial score (nSPS) is 11.8. The Morgan fingerprint density at radius 1 is 1.39 bits per heavy atom. The number of hydrogen-bond acceptors (Lipinski definition) is 3. The van der Waals surface area contributed by atoms with Crippen LogP contribution in [-0.4, -0.2) is 29.6 Å². The van der Waals surface area contributed by atoms with Gasteiger partial charge in [-0.1, -0.05) is 11.6 Å². The van der Waals surface area contributed by atoms with Crippen molar-refractivity contribution in [3.63, 3.8) is 0 Å². The van der Waals surface area contributed by atoms with Crippen molar-refractivity contribution < 1.29 is 14.7 Å². The van der Waals surface area contributed by atoms with Crippen molar-refractivity contribution >= 4 is 29.1 Å². The quantitative estimate of drug-likeness (QED) is 0.720. The summed E-state index contributed by atoms with van der Waals surface area (Å²) < 4.78 is 0. The zero-order valence-corrected chi connectivity index (χ0v) is 10.9. The number of carbonyl (C=O) groups is 2. The molecule has 1 aromatic carbocycles. The Bertz CT molecular complexity index is 461. The van der Waals surface area contributed by atoms with Crippen molar-refractivity contribution in [3.05, 3.63) is 28.8 Å². The topological polar surface area (TPSA) is 78.4 Å². The van der Waals surface area contributed by atoms with Crippen LogP contribution >= 0.6 is 11.6 Å². The number of rotatable bonds is 3. The third kappa shape index (κ3) is 4.35. The molecule has 1 atom stereocenters. The Labute approximate surface area is 110 Å². The van der Waals surface area contributed by atoms with Crippen LogP contribution in [0.15, 0.2) is 18.2 Å². The van der Waals surface area contributed by atoms with Crippen molar-refractivity contribution in [2.24, 2.45) is 0 Å². The number of aliphatic hydroxyl groups excluding tert-OH is 1. The molecular weight excluding hydrogens is 256 g/mol. The van der Waals surface area contributed by atoms with Gasteiger partial charge in [0.2, 0.25) is 0 Å². The Kier molecular flexibility index (Phi) is 5.12. The van der Waals surface area contributed by atoms with E-state index in [4.69, 9.17) is 16.7 Å². The molecule has 0 radical (unpaired) electrons. The molecule has 1 rings (SSSR count). The molecule has 5 nitrogen and oxygen atoms in total. The van der Waals surface area contributed by atoms with Crippen LogP contribution in [0, 0.1) is 6.92 Å². The number of halogens is 1. The minimum atomic E-state index is -0.787. The molecule has 0 aliphatic heterocycles. The molecule has 0 spiro atoms. The lowest BCUT2D eigenvalue weighted by Crippen LogP contribution is -2.38. The van der Waals surface area contributed by atoms with Gasteiger partial charge in [0.1, 0.15) is 0 Å². The molecule has 0 heterocycles. The van der Waals surface area contributed by atoms with E-state index in [-0.39, 0.29) is 6.54 Å². The fraction of sp³-hybridized carbons (Fsp3) is 0.333. The number of amides is 2. The summed E-state index contributed by atoms with van der Waals surface area (Å²) in [7, 11) is 0. The molecule has 1 aromatic rings. The molecule has 0 aromatic heterocycles. The van der Waals surface area contributed by atoms with E-state index in [0.717, 1.165) is 5.56 Å². The van der Waals surface area contributed by atoms with Crippen LogP contribution in [0.4, 0.5) is 5.69 Å². The van der Waals surface area contributed by atoms with E-state index in [2.05, 4.69) is 10.6 Å². The van der Waals surface area contributed by atoms with Crippen molar-refractivity contribution in [1.29, 1.82) is 0 Å². The molecule has 0 saturated heterocycles. The van der Waals surface area contributed by atoms with Crippen molar-refractivity contribution in [2.75, 3.05) is 11.9 Å². The first kappa shape index (κ1) is 14.5. The minimum Gasteiger partial charge on any atom is -0.392 e. The first-order chi connectivity index (χ1) is 8.40. The Hall–Kier alpha value is -1.59. The van der Waals surface area contributed by atoms with E-state index < -0.39 is 17.9 Å². The van der Waals surface area contributed by atoms with Gasteiger partial charge in [-0.3, -0.25) is 9.59 Å². The molecule has 3 N–H and O–H groups in total. The number of aliphatic hydroxyl groups is 1. The summed E-state index contributed by atoms with van der Waals surface area (Å²) in [4.78, 5) is 22.9. The van der Waals surface area contributed by atoms with E-state index in [9.17, 15) is 9.59 Å². The predicted molar refractivity (Wildman–Crippen MR) is 69.5 cm³/mol. The van der Waals surface area contributed by atoms with E-state index in [1.54, 1.807) is 25.1 Å². The van der Waals surface area contributed by atoms with Crippen molar-refractivity contribution in [1.82, 2.24) is 5.32 Å². The first-order valence-electron chi connectivity index (χ1n) is 5.43. The summed E-state index contributed by atoms with van der Waals surface area (Å²) in [5.74, 6) is -1.56. The highest BCUT2D eigenvalue weighted by Crippen LogP contribution is 2.19. The molecule has 18 heavy (non-hydrogen) atoms. The van der Waals surface area contributed by atoms with E-state index in [0.29, 0.717) is 10.7 Å². The molecule has 0 aliphatic rings. The maximum atomic E-state index is 11.5. The molecule has 2 amide bonds. The summed E-state index contributed by atoms with van der Waals surface area (Å²) in [6, 6.07) is 4.93. The highest BCUT2D eigenvalue weighted by atomic mass is 35.5. The zero-order valence-electron chi connectivity index (χ0n) is 10.2. The Morgan fingerprint density at radius 2 is 2.06 bits per heavy atom. The van der Waals surface area contributed by atoms with E-state index >= 15 is 0 Å². The van der Waals surface area contributed by atoms with Gasteiger partial charge >= 0.3 is 11.8 Å². The van der Waals surface area contributed by atoms with Crippen LogP contribution in [0.3, 0.4) is 0 Å². The van der Waals surface area contributed by atoms with Crippen molar-refractivity contribution in [3.8, 4) is 0 Å². The zero-order chi connectivity index (χ0) is 13.7. The smallest absolute Gasteiger partial charge is 0.313 e. The highest BCUT2D eigenvalue weighted by Gasteiger charge is 2.14. The number of anilines is 1. The van der Waals surface area contributed by atoms with Gasteiger partial charge in [-0.15, -0.1) is 0 Å². The Balaban J connectivity index is 2.61. The van der Waals surface area contributed by atoms with Gasteiger partial charge in [-0.25, -0.2) is 0 Å². The second kappa shape index (κ2) is 6.37. The largest absolute Gasteiger partial charge is 0.392 e. The van der Waals surface area contributed by atoms with Gasteiger partial charge in [-0.2, -0.15) is 0 Å². The lowest BCUT2D eigenvalue weighted by molar-refractivity contribution is -0.136. The van der Waals surface area contributed by atoms with Crippen LogP contribution in [0.2, 0.25) is 5.02 Å². The van der Waals surface area contributed by atoms with Gasteiger partial charge in [-0.05, 0) is 37.6 Å². The fourth-order valence-corrected chi connectivity index (χ4v) is 1.49. The SMILES string of the molecule is Cc1cc(Cl)ccc1NC(=O)C(=O)NCC(C)O. The fourth-order valence-electron chi connectivity index (χ4n) is 1.27. The molecular formula is C12H15ClN2O3. The van der Waals surface area contributed by atoms with Crippen LogP contribution in [0.25, 0.3) is 0 Å². The second-order valence-corrected chi connectivity index (χ2v) is 4.41. The highest BCUT2D eigenvalue weighted by molar-refractivity contribution is 6.39. The van der Waals surface area contributed by atoms with Crippen LogP contribution in [-0.2, 0) is 9.59 Å². The van der Waals surface area contributed by atoms with Crippen LogP contribution in [0.5, 0.6) is 0 Å². The van der Waals surface area contributed by atoms with Gasteiger partial charge in [0, 0.05) is 17.3 Å². The number of aryl methyl sites for hydroxylation is 1. The molecule has 1 unspecified atom stereocenters. The second-order valence-electron chi connectivity index (χ2n) is 3.97. The number of nitrogens with one attached hydrogen (secondary N) is 2. The predicted octanol–water partition coefficient (Wildman–Crippen LogP) is 1.08. The summed E-state index contributed by atoms with van der Waals surface area (Å²) in [5, 5.41) is 14.3. The minimum absolute atomic E-state index is 0.0336. The summed E-state index contributed by atoms with van der Waals surface area (Å²) in [6.45, 7) is 3.32. The summed E-state index contributed by atoms with van der Waals surface area (Å²) >= 11 is 5.78. The number of benzene rings is 1. The standard InChI is InChI=1S/C12H15ClN2O3/c1-7-5-9(13)3-4-10(7)15-12(18)11(17)14-6-8(2)16/h3-5,8,16H,6H2,1-2H3,(H,14,17)(H,15,18). The van der Waals surface area contributed by atoms with Gasteiger partial charge in [0.25, 0.3) is 0 Å². The van der Waals surface area contributed by atoms with Crippen LogP contribution < -0.4 is 10.6 Å². The third-order valence-corrected chi connectivity index (χ3v) is 2.44. The number of hydrogen-bond donors (Lipinski definition) is 3. The van der Waals surface area contributed by atoms with Crippen molar-refractivity contribution in [2.45, 2.75) is 20.0 Å². The Morgan fingerprint density at radius 3 is 2.61 bits per heavy atom. The summed E-state index contributed by atoms with van der Waals surface area (Å²) in [5.41, 5.74) is 1.29. The molecule has 0 bridgehead atoms. The molecule has 0 fully saturated rings. The lowest BCUT2D eigenvalue weighted by atomic mass is 10.2. The summed E-state index contributed by atoms with van der Waals surface area (Å²) in [6.07, 6.45) is -0.695. The lowest BCUT2D eigenvalue weighted by Gasteiger charge is -2.09. The third-order valence-electron chi connectivity index (χ3n) is 2.20. The maximum absolute atomic E-state index is 11.5. The molecule has 6 heteroatoms. The molecule has 98 valence electrons. The van der Waals surface area contributed by atoms with E-state index in [1.165, 1.54) is 6.92 Å². The maximum Gasteiger partial charge on any atom is 0.313 e. The first-order valence-corrected chi connectivity index (χ1v) is 5.81. The van der Waals surface area contributed by atoms with Gasteiger partial charge < -0.3 is 15.7 Å².